The summed E-state index contributed by atoms with van der Waals surface area (Å²) in [7, 11) is -0.474. The molecule has 2 fully saturated rings. The van der Waals surface area contributed by atoms with Crippen LogP contribution >= 0.6 is 0 Å². The van der Waals surface area contributed by atoms with Crippen LogP contribution in [0.5, 0.6) is 11.5 Å². The molecule has 3 atom stereocenters. The molecule has 0 spiro atoms. The van der Waals surface area contributed by atoms with Gasteiger partial charge in [0, 0.05) is 24.6 Å². The van der Waals surface area contributed by atoms with Gasteiger partial charge in [0.2, 0.25) is 5.91 Å². The first-order valence-corrected chi connectivity index (χ1v) is 11.6. The number of carbonyl (C=O) groups excluding carboxylic acids is 1. The monoisotopic (exact) mass is 448 g/mol. The Kier molecular flexibility index (Phi) is 6.00. The predicted octanol–water partition coefficient (Wildman–Crippen LogP) is 3.55. The van der Waals surface area contributed by atoms with Crippen LogP contribution in [0.15, 0.2) is 42.5 Å². The summed E-state index contributed by atoms with van der Waals surface area (Å²) in [6.07, 6.45) is 1.60. The van der Waals surface area contributed by atoms with E-state index in [-0.39, 0.29) is 23.5 Å². The minimum absolute atomic E-state index is 0.0972. The third-order valence-corrected chi connectivity index (χ3v) is 8.18. The average molecular weight is 449 g/mol. The SMILES string of the molecule is COc1ccc(NC(=O)[C@@H]2C[C@H](c3ccc(F)cc3)N([S+](=O)([O-])C3CC3)C2)cc1OC. The summed E-state index contributed by atoms with van der Waals surface area (Å²) in [5.41, 5.74) is 1.22. The molecule has 9 heteroatoms. The maximum Gasteiger partial charge on any atom is 0.229 e. The molecule has 2 aromatic carbocycles. The first-order chi connectivity index (χ1) is 14.8. The molecule has 1 heterocycles. The maximum atomic E-state index is 13.4. The van der Waals surface area contributed by atoms with Gasteiger partial charge >= 0.3 is 0 Å². The Labute approximate surface area is 181 Å². The average Bonchev–Trinajstić information content (AvgIpc) is 3.53. The molecule has 0 bridgehead atoms. The highest BCUT2D eigenvalue weighted by atomic mass is 32.3. The van der Waals surface area contributed by atoms with E-state index in [1.165, 1.54) is 30.7 Å². The highest BCUT2D eigenvalue weighted by Gasteiger charge is 2.52. The van der Waals surface area contributed by atoms with Crippen LogP contribution in [-0.4, -0.2) is 40.8 Å². The molecule has 0 radical (unpaired) electrons. The van der Waals surface area contributed by atoms with Crippen LogP contribution in [0, 0.1) is 11.7 Å². The van der Waals surface area contributed by atoms with Crippen LogP contribution in [0.1, 0.15) is 30.9 Å². The summed E-state index contributed by atoms with van der Waals surface area (Å²) in [6.45, 7) is 0.0972. The molecule has 1 saturated heterocycles. The third kappa shape index (κ3) is 4.44. The number of sulfonamides is 1. The van der Waals surface area contributed by atoms with E-state index in [4.69, 9.17) is 9.47 Å². The van der Waals surface area contributed by atoms with Gasteiger partial charge in [0.25, 0.3) is 0 Å². The molecule has 1 N–H and O–H groups in total. The van der Waals surface area contributed by atoms with Crippen LogP contribution in [0.25, 0.3) is 0 Å². The number of benzene rings is 2. The van der Waals surface area contributed by atoms with E-state index in [9.17, 15) is 17.9 Å². The van der Waals surface area contributed by atoms with Crippen molar-refractivity contribution in [2.24, 2.45) is 5.92 Å². The quantitative estimate of drug-likeness (QED) is 0.654. The number of hydrogen-bond acceptors (Lipinski definition) is 5. The Morgan fingerprint density at radius 2 is 1.81 bits per heavy atom. The minimum atomic E-state index is -3.51. The molecule has 4 rings (SSSR count). The maximum absolute atomic E-state index is 13.4. The molecular weight excluding hydrogens is 423 g/mol. The second-order valence-corrected chi connectivity index (χ2v) is 10.0. The van der Waals surface area contributed by atoms with Crippen LogP contribution < -0.4 is 14.8 Å². The Hall–Kier alpha value is -2.49. The summed E-state index contributed by atoms with van der Waals surface area (Å²) in [6, 6.07) is 10.4. The van der Waals surface area contributed by atoms with Crippen LogP contribution in [0.4, 0.5) is 10.1 Å². The summed E-state index contributed by atoms with van der Waals surface area (Å²) < 4.78 is 51.3. The van der Waals surface area contributed by atoms with Crippen molar-refractivity contribution >= 4 is 22.0 Å². The zero-order valence-corrected chi connectivity index (χ0v) is 18.2. The van der Waals surface area contributed by atoms with Gasteiger partial charge in [0.05, 0.1) is 32.7 Å². The fourth-order valence-corrected chi connectivity index (χ4v) is 6.05. The number of anilines is 1. The molecule has 166 valence electrons. The van der Waals surface area contributed by atoms with Crippen molar-refractivity contribution in [2.45, 2.75) is 30.6 Å². The van der Waals surface area contributed by atoms with Gasteiger partial charge < -0.3 is 19.3 Å². The van der Waals surface area contributed by atoms with Gasteiger partial charge in [-0.2, -0.15) is 0 Å². The second kappa shape index (κ2) is 8.57. The zero-order valence-electron chi connectivity index (χ0n) is 17.4. The number of rotatable bonds is 7. The lowest BCUT2D eigenvalue weighted by atomic mass is 9.99. The van der Waals surface area contributed by atoms with E-state index in [1.807, 2.05) is 0 Å². The van der Waals surface area contributed by atoms with Gasteiger partial charge in [-0.15, -0.1) is 4.31 Å². The lowest BCUT2D eigenvalue weighted by Gasteiger charge is -2.29. The second-order valence-electron chi connectivity index (χ2n) is 7.87. The number of carbonyl (C=O) groups is 1. The zero-order chi connectivity index (χ0) is 22.2. The van der Waals surface area contributed by atoms with Gasteiger partial charge in [-0.05, 0) is 36.2 Å². The number of methoxy groups -OCH3 is 2. The number of nitrogens with one attached hydrogen (secondary N) is 1. The first-order valence-electron chi connectivity index (χ1n) is 10.1. The molecule has 2 aromatic rings. The molecule has 1 aliphatic heterocycles. The largest absolute Gasteiger partial charge is 0.597 e. The lowest BCUT2D eigenvalue weighted by Crippen LogP contribution is -2.40. The summed E-state index contributed by atoms with van der Waals surface area (Å²) in [4.78, 5) is 13.0. The third-order valence-electron chi connectivity index (χ3n) is 5.80. The van der Waals surface area contributed by atoms with Crippen molar-refractivity contribution in [3.8, 4) is 11.5 Å². The first kappa shape index (κ1) is 21.7. The van der Waals surface area contributed by atoms with Gasteiger partial charge in [-0.25, -0.2) is 4.39 Å². The fraction of sp³-hybridized carbons (Fsp3) is 0.409. The number of amides is 1. The van der Waals surface area contributed by atoms with E-state index in [0.29, 0.717) is 42.0 Å². The smallest absolute Gasteiger partial charge is 0.229 e. The number of halogens is 1. The summed E-state index contributed by atoms with van der Waals surface area (Å²) in [5, 5.41) is 2.47. The number of ether oxygens (including phenoxy) is 2. The fourth-order valence-electron chi connectivity index (χ4n) is 3.98. The molecule has 31 heavy (non-hydrogen) atoms. The van der Waals surface area contributed by atoms with Crippen molar-refractivity contribution in [3.05, 3.63) is 53.8 Å². The van der Waals surface area contributed by atoms with E-state index >= 15 is 0 Å². The molecule has 1 aliphatic carbocycles. The van der Waals surface area contributed by atoms with Crippen molar-refractivity contribution in [1.29, 1.82) is 0 Å². The molecular formula is C22H25FN2O5S. The molecule has 7 nitrogen and oxygen atoms in total. The highest BCUT2D eigenvalue weighted by molar-refractivity contribution is 7.96. The molecule has 2 aliphatic rings. The van der Waals surface area contributed by atoms with Gasteiger partial charge in [-0.1, -0.05) is 16.3 Å². The van der Waals surface area contributed by atoms with Gasteiger partial charge in [-0.3, -0.25) is 4.79 Å². The Balaban J connectivity index is 1.55. The van der Waals surface area contributed by atoms with E-state index in [0.717, 1.165) is 0 Å². The lowest BCUT2D eigenvalue weighted by molar-refractivity contribution is -0.119. The van der Waals surface area contributed by atoms with Gasteiger partial charge in [0.1, 0.15) is 21.5 Å². The van der Waals surface area contributed by atoms with Gasteiger partial charge in [0.15, 0.2) is 11.5 Å². The Bertz CT molecular complexity index is 1010. The highest BCUT2D eigenvalue weighted by Crippen LogP contribution is 2.45. The van der Waals surface area contributed by atoms with E-state index in [1.54, 1.807) is 30.3 Å². The topological polar surface area (TPSA) is 90.9 Å². The van der Waals surface area contributed by atoms with E-state index in [2.05, 4.69) is 5.32 Å². The molecule has 1 saturated carbocycles. The molecule has 0 aromatic heterocycles. The standard InChI is InChI=1S/C22H25FN2O5S/c1-29-20-10-7-17(12-21(20)30-2)24-22(26)15-11-19(14-3-5-16(23)6-4-14)25(13-15)31(27,28)18-8-9-18/h3-7,10,12,15,18-19H,8-9,11,13H2,1-2H3,(H-,24,26,27,28)/t15-,19-/m1/s1. The Morgan fingerprint density at radius 1 is 1.13 bits per heavy atom. The van der Waals surface area contributed by atoms with Crippen LogP contribution in [-0.2, 0) is 19.4 Å². The van der Waals surface area contributed by atoms with E-state index < -0.39 is 22.4 Å². The van der Waals surface area contributed by atoms with Crippen molar-refractivity contribution in [3.63, 3.8) is 0 Å². The van der Waals surface area contributed by atoms with Crippen LogP contribution in [0.3, 0.4) is 0 Å². The number of hydrogen-bond donors (Lipinski definition) is 1. The molecule has 1 unspecified atom stereocenters. The Morgan fingerprint density at radius 3 is 2.42 bits per heavy atom. The molecule has 1 amide bonds. The van der Waals surface area contributed by atoms with Crippen LogP contribution in [0.2, 0.25) is 0 Å². The predicted molar refractivity (Wildman–Crippen MR) is 114 cm³/mol. The van der Waals surface area contributed by atoms with Crippen molar-refractivity contribution in [2.75, 3.05) is 26.1 Å². The minimum Gasteiger partial charge on any atom is -0.597 e. The van der Waals surface area contributed by atoms with Crippen molar-refractivity contribution < 1.29 is 27.4 Å². The normalized spacial score (nSPS) is 23.2. The summed E-state index contributed by atoms with van der Waals surface area (Å²) >= 11 is 0. The summed E-state index contributed by atoms with van der Waals surface area (Å²) in [5.74, 6) is -0.168. The van der Waals surface area contributed by atoms with Crippen molar-refractivity contribution in [1.82, 2.24) is 4.31 Å². The number of nitrogens with zero attached hydrogens (tertiary/aromatic N) is 1.